The molecule has 21 heavy (non-hydrogen) atoms. The maximum absolute atomic E-state index is 12.2. The lowest BCUT2D eigenvalue weighted by atomic mass is 10.1. The molecule has 0 aliphatic heterocycles. The third-order valence-corrected chi connectivity index (χ3v) is 4.54. The Balaban J connectivity index is 1.79. The van der Waals surface area contributed by atoms with Crippen LogP contribution in [0.2, 0.25) is 0 Å². The molecule has 0 unspecified atom stereocenters. The number of para-hydroxylation sites is 1. The van der Waals surface area contributed by atoms with Crippen molar-refractivity contribution in [2.45, 2.75) is 13.3 Å². The maximum atomic E-state index is 12.2. The molecule has 0 bridgehead atoms. The van der Waals surface area contributed by atoms with E-state index in [4.69, 9.17) is 0 Å². The highest BCUT2D eigenvalue weighted by Crippen LogP contribution is 2.26. The number of aromatic amines is 1. The molecule has 2 aromatic carbocycles. The number of aromatic nitrogens is 1. The fourth-order valence-corrected chi connectivity index (χ4v) is 2.75. The van der Waals surface area contributed by atoms with Gasteiger partial charge >= 0.3 is 0 Å². The van der Waals surface area contributed by atoms with Crippen molar-refractivity contribution in [3.8, 4) is 0 Å². The summed E-state index contributed by atoms with van der Waals surface area (Å²) in [6.45, 7) is 2.00. The minimum Gasteiger partial charge on any atom is -0.361 e. The van der Waals surface area contributed by atoms with Gasteiger partial charge in [0, 0.05) is 21.6 Å². The normalized spacial score (nSPS) is 10.8. The van der Waals surface area contributed by atoms with Gasteiger partial charge < -0.3 is 10.3 Å². The smallest absolute Gasteiger partial charge is 0.228 e. The highest BCUT2D eigenvalue weighted by Gasteiger charge is 2.10. The Bertz CT molecular complexity index is 807. The van der Waals surface area contributed by atoms with Gasteiger partial charge in [-0.1, -0.05) is 30.3 Å². The summed E-state index contributed by atoms with van der Waals surface area (Å²) in [7, 11) is 0. The molecular formula is C17H15BrN2O. The number of aryl methyl sites for hydroxylation is 1. The topological polar surface area (TPSA) is 44.9 Å². The van der Waals surface area contributed by atoms with Crippen LogP contribution in [0.15, 0.2) is 53.1 Å². The average Bonchev–Trinajstić information content (AvgIpc) is 2.87. The number of anilines is 1. The fourth-order valence-electron chi connectivity index (χ4n) is 2.39. The molecule has 106 valence electrons. The summed E-state index contributed by atoms with van der Waals surface area (Å²) in [5.74, 6) is -0.0222. The lowest BCUT2D eigenvalue weighted by Crippen LogP contribution is -2.14. The number of hydrogen-bond acceptors (Lipinski definition) is 1. The molecule has 0 fully saturated rings. The van der Waals surface area contributed by atoms with Crippen LogP contribution in [0.4, 0.5) is 5.69 Å². The van der Waals surface area contributed by atoms with Gasteiger partial charge in [0.05, 0.1) is 12.1 Å². The van der Waals surface area contributed by atoms with Crippen LogP contribution in [0.25, 0.3) is 10.9 Å². The predicted molar refractivity (Wildman–Crippen MR) is 89.5 cm³/mol. The highest BCUT2D eigenvalue weighted by molar-refractivity contribution is 9.10. The van der Waals surface area contributed by atoms with Gasteiger partial charge in [0.2, 0.25) is 5.91 Å². The standard InChI is InChI=1S/C17H15BrN2O/c1-11-5-4-8-15(17(11)18)20-16(21)9-12-10-19-14-7-3-2-6-13(12)14/h2-8,10,19H,9H2,1H3,(H,20,21). The van der Waals surface area contributed by atoms with Gasteiger partial charge in [-0.05, 0) is 46.1 Å². The Kier molecular flexibility index (Phi) is 3.80. The van der Waals surface area contributed by atoms with E-state index in [1.165, 1.54) is 0 Å². The van der Waals surface area contributed by atoms with Crippen LogP contribution < -0.4 is 5.32 Å². The minimum absolute atomic E-state index is 0.0222. The molecule has 1 heterocycles. The summed E-state index contributed by atoms with van der Waals surface area (Å²) in [6.07, 6.45) is 2.25. The predicted octanol–water partition coefficient (Wildman–Crippen LogP) is 4.42. The lowest BCUT2D eigenvalue weighted by molar-refractivity contribution is -0.115. The van der Waals surface area contributed by atoms with Crippen LogP contribution in [0, 0.1) is 6.92 Å². The van der Waals surface area contributed by atoms with E-state index in [1.807, 2.05) is 55.6 Å². The number of carbonyl (C=O) groups is 1. The number of rotatable bonds is 3. The van der Waals surface area contributed by atoms with Crippen molar-refractivity contribution in [2.24, 2.45) is 0 Å². The number of fused-ring (bicyclic) bond motifs is 1. The Morgan fingerprint density at radius 2 is 2.00 bits per heavy atom. The molecule has 0 saturated carbocycles. The number of carbonyl (C=O) groups excluding carboxylic acids is 1. The van der Waals surface area contributed by atoms with E-state index in [9.17, 15) is 4.79 Å². The molecule has 3 rings (SSSR count). The van der Waals surface area contributed by atoms with E-state index in [1.54, 1.807) is 0 Å². The summed E-state index contributed by atoms with van der Waals surface area (Å²) in [5.41, 5.74) is 3.96. The van der Waals surface area contributed by atoms with Crippen molar-refractivity contribution in [2.75, 3.05) is 5.32 Å². The summed E-state index contributed by atoms with van der Waals surface area (Å²) in [6, 6.07) is 13.8. The van der Waals surface area contributed by atoms with Crippen molar-refractivity contribution in [1.82, 2.24) is 4.98 Å². The molecule has 1 amide bonds. The van der Waals surface area contributed by atoms with Crippen LogP contribution in [-0.4, -0.2) is 10.9 Å². The quantitative estimate of drug-likeness (QED) is 0.726. The molecule has 1 aromatic heterocycles. The van der Waals surface area contributed by atoms with E-state index >= 15 is 0 Å². The van der Waals surface area contributed by atoms with Crippen LogP contribution in [-0.2, 0) is 11.2 Å². The molecule has 0 aliphatic rings. The Morgan fingerprint density at radius 1 is 1.19 bits per heavy atom. The first-order valence-electron chi connectivity index (χ1n) is 6.75. The number of halogens is 1. The van der Waals surface area contributed by atoms with E-state index in [2.05, 4.69) is 26.2 Å². The zero-order chi connectivity index (χ0) is 14.8. The molecule has 0 saturated heterocycles. The minimum atomic E-state index is -0.0222. The van der Waals surface area contributed by atoms with Crippen molar-refractivity contribution in [3.63, 3.8) is 0 Å². The molecule has 3 nitrogen and oxygen atoms in total. The second-order valence-electron chi connectivity index (χ2n) is 5.02. The van der Waals surface area contributed by atoms with Crippen molar-refractivity contribution in [1.29, 1.82) is 0 Å². The van der Waals surface area contributed by atoms with Gasteiger partial charge in [-0.15, -0.1) is 0 Å². The summed E-state index contributed by atoms with van der Waals surface area (Å²) in [5, 5.41) is 4.05. The fraction of sp³-hybridized carbons (Fsp3) is 0.118. The molecule has 0 aliphatic carbocycles. The first kappa shape index (κ1) is 13.9. The van der Waals surface area contributed by atoms with Crippen LogP contribution in [0.1, 0.15) is 11.1 Å². The summed E-state index contributed by atoms with van der Waals surface area (Å²) in [4.78, 5) is 15.4. The lowest BCUT2D eigenvalue weighted by Gasteiger charge is -2.08. The molecular weight excluding hydrogens is 328 g/mol. The number of amides is 1. The average molecular weight is 343 g/mol. The molecule has 0 spiro atoms. The van der Waals surface area contributed by atoms with Crippen molar-refractivity contribution in [3.05, 3.63) is 64.3 Å². The Labute approximate surface area is 131 Å². The van der Waals surface area contributed by atoms with Gasteiger partial charge in [0.25, 0.3) is 0 Å². The SMILES string of the molecule is Cc1cccc(NC(=O)Cc2c[nH]c3ccccc23)c1Br. The number of nitrogens with one attached hydrogen (secondary N) is 2. The zero-order valence-electron chi connectivity index (χ0n) is 11.6. The Hall–Kier alpha value is -2.07. The van der Waals surface area contributed by atoms with Crippen molar-refractivity contribution >= 4 is 38.4 Å². The second kappa shape index (κ2) is 5.74. The molecule has 0 radical (unpaired) electrons. The van der Waals surface area contributed by atoms with Gasteiger partial charge in [0.1, 0.15) is 0 Å². The van der Waals surface area contributed by atoms with Crippen LogP contribution >= 0.6 is 15.9 Å². The van der Waals surface area contributed by atoms with E-state index in [-0.39, 0.29) is 5.91 Å². The number of hydrogen-bond donors (Lipinski definition) is 2. The first-order chi connectivity index (χ1) is 10.1. The molecule has 0 atom stereocenters. The first-order valence-corrected chi connectivity index (χ1v) is 7.54. The van der Waals surface area contributed by atoms with Gasteiger partial charge in [-0.3, -0.25) is 4.79 Å². The molecule has 3 aromatic rings. The number of H-pyrrole nitrogens is 1. The van der Waals surface area contributed by atoms with Crippen molar-refractivity contribution < 1.29 is 4.79 Å². The Morgan fingerprint density at radius 3 is 2.86 bits per heavy atom. The summed E-state index contributed by atoms with van der Waals surface area (Å²) < 4.78 is 0.928. The van der Waals surface area contributed by atoms with Crippen LogP contribution in [0.5, 0.6) is 0 Å². The van der Waals surface area contributed by atoms with E-state index in [0.717, 1.165) is 32.2 Å². The third-order valence-electron chi connectivity index (χ3n) is 3.49. The van der Waals surface area contributed by atoms with Gasteiger partial charge in [0.15, 0.2) is 0 Å². The van der Waals surface area contributed by atoms with E-state index < -0.39 is 0 Å². The molecule has 4 heteroatoms. The monoisotopic (exact) mass is 342 g/mol. The van der Waals surface area contributed by atoms with Gasteiger partial charge in [-0.25, -0.2) is 0 Å². The van der Waals surface area contributed by atoms with E-state index in [0.29, 0.717) is 6.42 Å². The van der Waals surface area contributed by atoms with Gasteiger partial charge in [-0.2, -0.15) is 0 Å². The second-order valence-corrected chi connectivity index (χ2v) is 5.81. The highest BCUT2D eigenvalue weighted by atomic mass is 79.9. The largest absolute Gasteiger partial charge is 0.361 e. The zero-order valence-corrected chi connectivity index (χ0v) is 13.2. The number of benzene rings is 2. The summed E-state index contributed by atoms with van der Waals surface area (Å²) >= 11 is 3.51. The van der Waals surface area contributed by atoms with Crippen LogP contribution in [0.3, 0.4) is 0 Å². The molecule has 2 N–H and O–H groups in total. The maximum Gasteiger partial charge on any atom is 0.228 e. The third kappa shape index (κ3) is 2.85.